The van der Waals surface area contributed by atoms with Crippen molar-refractivity contribution in [2.75, 3.05) is 13.1 Å². The zero-order chi connectivity index (χ0) is 18.0. The molecule has 2 aromatic carbocycles. The summed E-state index contributed by atoms with van der Waals surface area (Å²) in [6, 6.07) is 21.2. The molecule has 0 spiro atoms. The van der Waals surface area contributed by atoms with Crippen molar-refractivity contribution < 1.29 is 0 Å². The molecule has 0 saturated carbocycles. The number of hydrogen-bond donors (Lipinski definition) is 0. The number of nitrogens with zero attached hydrogens (tertiary/aromatic N) is 4. The topological polar surface area (TPSA) is 52.0 Å². The molecule has 0 N–H and O–H groups in total. The van der Waals surface area contributed by atoms with Gasteiger partial charge in [0.2, 0.25) is 0 Å². The van der Waals surface area contributed by atoms with Crippen molar-refractivity contribution in [1.82, 2.24) is 4.90 Å². The molecule has 26 heavy (non-hydrogen) atoms. The van der Waals surface area contributed by atoms with Crippen molar-refractivity contribution in [1.29, 1.82) is 0 Å². The third kappa shape index (κ3) is 5.13. The molecule has 3 rings (SSSR count). The predicted molar refractivity (Wildman–Crippen MR) is 106 cm³/mol. The quantitative estimate of drug-likeness (QED) is 0.321. The van der Waals surface area contributed by atoms with E-state index in [0.29, 0.717) is 12.6 Å². The van der Waals surface area contributed by atoms with Gasteiger partial charge in [0.25, 0.3) is 0 Å². The average Bonchev–Trinajstić information content (AvgIpc) is 3.16. The average molecular weight is 344 g/mol. The molecule has 1 fully saturated rings. The fourth-order valence-electron chi connectivity index (χ4n) is 3.55. The van der Waals surface area contributed by atoms with Gasteiger partial charge in [-0.1, -0.05) is 65.5 Å². The second-order valence-corrected chi connectivity index (χ2v) is 6.62. The van der Waals surface area contributed by atoms with Crippen LogP contribution < -0.4 is 0 Å². The van der Waals surface area contributed by atoms with E-state index < -0.39 is 0 Å². The smallest absolute Gasteiger partial charge is 0.0723 e. The van der Waals surface area contributed by atoms with E-state index in [0.717, 1.165) is 37.8 Å². The molecule has 0 aliphatic carbocycles. The zero-order valence-corrected chi connectivity index (χ0v) is 15.0. The van der Waals surface area contributed by atoms with Gasteiger partial charge in [0.05, 0.1) is 6.04 Å². The molecule has 0 aromatic heterocycles. The molecule has 4 heteroatoms. The largest absolute Gasteiger partial charge is 0.287 e. The zero-order valence-electron chi connectivity index (χ0n) is 15.0. The fraction of sp³-hybridized carbons (Fsp3) is 0.364. The summed E-state index contributed by atoms with van der Waals surface area (Å²) in [6.45, 7) is 1.56. The second-order valence-electron chi connectivity index (χ2n) is 6.62. The molecule has 4 nitrogen and oxygen atoms in total. The standard InChI is InChI=1S/C22H24N4/c23-25-24-18-22-12-7-17-26(22)21(15-13-19-8-3-1-4-9-19)16-14-20-10-5-2-6-11-20/h1-6,8-11,21-22H,7,12-13,15,17-18H2/t21-,22-/m0/s1. The van der Waals surface area contributed by atoms with E-state index >= 15 is 0 Å². The van der Waals surface area contributed by atoms with Crippen molar-refractivity contribution in [2.24, 2.45) is 5.11 Å². The first kappa shape index (κ1) is 18.1. The lowest BCUT2D eigenvalue weighted by molar-refractivity contribution is 0.213. The highest BCUT2D eigenvalue weighted by Gasteiger charge is 2.29. The van der Waals surface area contributed by atoms with Gasteiger partial charge in [-0.3, -0.25) is 4.90 Å². The summed E-state index contributed by atoms with van der Waals surface area (Å²) in [5.74, 6) is 6.84. The minimum atomic E-state index is 0.178. The first-order valence-corrected chi connectivity index (χ1v) is 9.24. The van der Waals surface area contributed by atoms with E-state index in [4.69, 9.17) is 5.53 Å². The first-order chi connectivity index (χ1) is 12.9. The minimum Gasteiger partial charge on any atom is -0.287 e. The molecule has 0 radical (unpaired) electrons. The fourth-order valence-corrected chi connectivity index (χ4v) is 3.55. The van der Waals surface area contributed by atoms with E-state index in [1.807, 2.05) is 36.4 Å². The molecular weight excluding hydrogens is 320 g/mol. The van der Waals surface area contributed by atoms with Gasteiger partial charge in [-0.15, -0.1) is 0 Å². The van der Waals surface area contributed by atoms with Crippen LogP contribution in [0.15, 0.2) is 65.8 Å². The van der Waals surface area contributed by atoms with E-state index in [1.165, 1.54) is 5.56 Å². The maximum Gasteiger partial charge on any atom is 0.0723 e. The van der Waals surface area contributed by atoms with Crippen LogP contribution >= 0.6 is 0 Å². The third-order valence-electron chi connectivity index (χ3n) is 4.88. The van der Waals surface area contributed by atoms with Crippen molar-refractivity contribution in [3.8, 4) is 11.8 Å². The van der Waals surface area contributed by atoms with Gasteiger partial charge in [0, 0.05) is 23.1 Å². The Morgan fingerprint density at radius 3 is 2.58 bits per heavy atom. The molecule has 0 bridgehead atoms. The number of likely N-dealkylation sites (tertiary alicyclic amines) is 1. The van der Waals surface area contributed by atoms with Crippen LogP contribution in [0.4, 0.5) is 0 Å². The Morgan fingerprint density at radius 2 is 1.85 bits per heavy atom. The highest BCUT2D eigenvalue weighted by atomic mass is 15.2. The van der Waals surface area contributed by atoms with E-state index in [1.54, 1.807) is 0 Å². The van der Waals surface area contributed by atoms with Gasteiger partial charge >= 0.3 is 0 Å². The van der Waals surface area contributed by atoms with Crippen LogP contribution in [0.1, 0.15) is 30.4 Å². The minimum absolute atomic E-state index is 0.178. The Kier molecular flexibility index (Phi) is 6.73. The van der Waals surface area contributed by atoms with Gasteiger partial charge < -0.3 is 0 Å². The summed E-state index contributed by atoms with van der Waals surface area (Å²) in [7, 11) is 0. The van der Waals surface area contributed by atoms with Crippen molar-refractivity contribution in [2.45, 2.75) is 37.8 Å². The second kappa shape index (κ2) is 9.68. The molecule has 0 amide bonds. The van der Waals surface area contributed by atoms with Crippen LogP contribution in [0.25, 0.3) is 10.4 Å². The number of azide groups is 1. The SMILES string of the molecule is [N-]=[N+]=NC[C@@H]1CCCN1[C@H](C#Cc1ccccc1)CCc1ccccc1. The van der Waals surface area contributed by atoms with Crippen molar-refractivity contribution >= 4 is 0 Å². The number of aryl methyl sites for hydroxylation is 1. The molecule has 1 saturated heterocycles. The maximum absolute atomic E-state index is 8.67. The molecule has 132 valence electrons. The lowest BCUT2D eigenvalue weighted by atomic mass is 10.0. The number of hydrogen-bond acceptors (Lipinski definition) is 2. The lowest BCUT2D eigenvalue weighted by Gasteiger charge is -2.29. The lowest BCUT2D eigenvalue weighted by Crippen LogP contribution is -2.40. The van der Waals surface area contributed by atoms with Gasteiger partial charge in [-0.2, -0.15) is 0 Å². The van der Waals surface area contributed by atoms with Crippen molar-refractivity contribution in [3.63, 3.8) is 0 Å². The van der Waals surface area contributed by atoms with Crippen LogP contribution in [0, 0.1) is 11.8 Å². The van der Waals surface area contributed by atoms with Gasteiger partial charge in [-0.05, 0) is 55.5 Å². The van der Waals surface area contributed by atoms with Crippen LogP contribution in [-0.2, 0) is 6.42 Å². The molecule has 1 aliphatic rings. The van der Waals surface area contributed by atoms with Crippen LogP contribution in [-0.4, -0.2) is 30.1 Å². The van der Waals surface area contributed by atoms with Gasteiger partial charge in [0.15, 0.2) is 0 Å². The Morgan fingerprint density at radius 1 is 1.12 bits per heavy atom. The van der Waals surface area contributed by atoms with Crippen LogP contribution in [0.3, 0.4) is 0 Å². The van der Waals surface area contributed by atoms with E-state index in [-0.39, 0.29) is 6.04 Å². The Bertz CT molecular complexity index is 785. The molecule has 1 heterocycles. The summed E-state index contributed by atoms with van der Waals surface area (Å²) in [6.07, 6.45) is 4.20. The highest BCUT2D eigenvalue weighted by Crippen LogP contribution is 2.23. The van der Waals surface area contributed by atoms with Crippen LogP contribution in [0.5, 0.6) is 0 Å². The van der Waals surface area contributed by atoms with E-state index in [2.05, 4.69) is 51.0 Å². The monoisotopic (exact) mass is 344 g/mol. The summed E-state index contributed by atoms with van der Waals surface area (Å²) >= 11 is 0. The number of benzene rings is 2. The molecule has 2 aromatic rings. The van der Waals surface area contributed by atoms with Crippen LogP contribution in [0.2, 0.25) is 0 Å². The molecule has 2 atom stereocenters. The summed E-state index contributed by atoms with van der Waals surface area (Å²) in [5, 5.41) is 3.81. The maximum atomic E-state index is 8.67. The Hall–Kier alpha value is -2.73. The normalized spacial score (nSPS) is 17.8. The highest BCUT2D eigenvalue weighted by molar-refractivity contribution is 5.35. The molecule has 1 aliphatic heterocycles. The van der Waals surface area contributed by atoms with Gasteiger partial charge in [-0.25, -0.2) is 0 Å². The summed E-state index contributed by atoms with van der Waals surface area (Å²) in [4.78, 5) is 5.38. The Labute approximate surface area is 155 Å². The third-order valence-corrected chi connectivity index (χ3v) is 4.88. The first-order valence-electron chi connectivity index (χ1n) is 9.24. The summed E-state index contributed by atoms with van der Waals surface area (Å²) < 4.78 is 0. The molecule has 0 unspecified atom stereocenters. The van der Waals surface area contributed by atoms with Crippen molar-refractivity contribution in [3.05, 3.63) is 82.2 Å². The van der Waals surface area contributed by atoms with Gasteiger partial charge in [0.1, 0.15) is 0 Å². The molecular formula is C22H24N4. The summed E-state index contributed by atoms with van der Waals surface area (Å²) in [5.41, 5.74) is 11.0. The Balaban J connectivity index is 1.76. The predicted octanol–water partition coefficient (Wildman–Crippen LogP) is 4.81. The van der Waals surface area contributed by atoms with E-state index in [9.17, 15) is 0 Å². The number of rotatable bonds is 6.